The third-order valence-corrected chi connectivity index (χ3v) is 7.12. The predicted octanol–water partition coefficient (Wildman–Crippen LogP) is 5.17. The molecule has 3 rings (SSSR count). The van der Waals surface area contributed by atoms with Crippen LogP contribution >= 0.6 is 0 Å². The van der Waals surface area contributed by atoms with Crippen molar-refractivity contribution < 1.29 is 23.8 Å². The molecule has 1 aliphatic rings. The van der Waals surface area contributed by atoms with E-state index in [4.69, 9.17) is 14.2 Å². The molecule has 0 saturated carbocycles. The molecule has 8 nitrogen and oxygen atoms in total. The van der Waals surface area contributed by atoms with E-state index in [9.17, 15) is 9.59 Å². The molecule has 0 bridgehead atoms. The molecular formula is C30H43N3O5. The summed E-state index contributed by atoms with van der Waals surface area (Å²) in [6, 6.07) is 9.68. The average Bonchev–Trinajstić information content (AvgIpc) is 2.90. The van der Waals surface area contributed by atoms with E-state index in [2.05, 4.69) is 24.1 Å². The van der Waals surface area contributed by atoms with Crippen LogP contribution in [0.4, 0.5) is 5.69 Å². The van der Waals surface area contributed by atoms with E-state index >= 15 is 0 Å². The second-order valence-corrected chi connectivity index (χ2v) is 10.1. The summed E-state index contributed by atoms with van der Waals surface area (Å²) in [7, 11) is 4.69. The summed E-state index contributed by atoms with van der Waals surface area (Å²) in [5.74, 6) is 1.43. The third-order valence-electron chi connectivity index (χ3n) is 7.12. The van der Waals surface area contributed by atoms with Gasteiger partial charge < -0.3 is 24.4 Å². The van der Waals surface area contributed by atoms with Crippen LogP contribution in [-0.2, 0) is 17.9 Å². The second-order valence-electron chi connectivity index (χ2n) is 10.1. The first-order chi connectivity index (χ1) is 18.3. The van der Waals surface area contributed by atoms with Crippen LogP contribution in [0.5, 0.6) is 17.2 Å². The number of benzene rings is 2. The van der Waals surface area contributed by atoms with E-state index in [1.807, 2.05) is 35.2 Å². The van der Waals surface area contributed by atoms with Crippen molar-refractivity contribution in [1.29, 1.82) is 0 Å². The Morgan fingerprint density at radius 2 is 1.53 bits per heavy atom. The minimum atomic E-state index is -0.182. The number of anilines is 1. The lowest BCUT2D eigenvalue weighted by molar-refractivity contribution is -0.116. The van der Waals surface area contributed by atoms with E-state index in [-0.39, 0.29) is 11.8 Å². The van der Waals surface area contributed by atoms with E-state index in [1.165, 1.54) is 12.8 Å². The minimum absolute atomic E-state index is 0.0269. The molecular weight excluding hydrogens is 482 g/mol. The van der Waals surface area contributed by atoms with Gasteiger partial charge in [-0.1, -0.05) is 19.3 Å². The molecule has 1 N–H and O–H groups in total. The minimum Gasteiger partial charge on any atom is -0.493 e. The topological polar surface area (TPSA) is 80.3 Å². The molecule has 0 radical (unpaired) electrons. The Hall–Kier alpha value is -3.26. The quantitative estimate of drug-likeness (QED) is 0.537. The van der Waals surface area contributed by atoms with Gasteiger partial charge in [0.15, 0.2) is 11.5 Å². The van der Waals surface area contributed by atoms with Crippen molar-refractivity contribution >= 4 is 17.5 Å². The average molecular weight is 526 g/mol. The van der Waals surface area contributed by atoms with Crippen LogP contribution in [0.3, 0.4) is 0 Å². The number of methoxy groups -OCH3 is 3. The van der Waals surface area contributed by atoms with Gasteiger partial charge in [-0.25, -0.2) is 0 Å². The Morgan fingerprint density at radius 1 is 0.895 bits per heavy atom. The van der Waals surface area contributed by atoms with Crippen LogP contribution in [0.2, 0.25) is 0 Å². The van der Waals surface area contributed by atoms with Crippen LogP contribution < -0.4 is 24.4 Å². The van der Waals surface area contributed by atoms with Crippen molar-refractivity contribution in [1.82, 2.24) is 10.2 Å². The Labute approximate surface area is 227 Å². The number of hydrogen-bond acceptors (Lipinski definition) is 6. The van der Waals surface area contributed by atoms with Crippen LogP contribution in [0.25, 0.3) is 0 Å². The molecule has 0 aromatic heterocycles. The van der Waals surface area contributed by atoms with E-state index < -0.39 is 0 Å². The maximum Gasteiger partial charge on any atom is 0.251 e. The summed E-state index contributed by atoms with van der Waals surface area (Å²) in [5, 5.41) is 3.01. The van der Waals surface area contributed by atoms with Crippen LogP contribution in [0.15, 0.2) is 30.3 Å². The zero-order chi connectivity index (χ0) is 27.7. The highest BCUT2D eigenvalue weighted by molar-refractivity contribution is 5.97. The monoisotopic (exact) mass is 525 g/mol. The molecule has 0 saturated heterocycles. The molecule has 1 aliphatic heterocycles. The fraction of sp³-hybridized carbons (Fsp3) is 0.533. The molecule has 2 amide bonds. The molecule has 208 valence electrons. The van der Waals surface area contributed by atoms with Gasteiger partial charge in [0.25, 0.3) is 5.91 Å². The highest BCUT2D eigenvalue weighted by Gasteiger charge is 2.21. The normalized spacial score (nSPS) is 15.2. The number of amides is 2. The van der Waals surface area contributed by atoms with Gasteiger partial charge in [-0.05, 0) is 74.7 Å². The van der Waals surface area contributed by atoms with E-state index in [1.54, 1.807) is 28.3 Å². The molecule has 0 fully saturated rings. The molecule has 0 unspecified atom stereocenters. The highest BCUT2D eigenvalue weighted by atomic mass is 16.5. The largest absolute Gasteiger partial charge is 0.493 e. The van der Waals surface area contributed by atoms with Gasteiger partial charge >= 0.3 is 0 Å². The highest BCUT2D eigenvalue weighted by Crippen LogP contribution is 2.38. The first-order valence-corrected chi connectivity index (χ1v) is 13.5. The molecule has 0 aliphatic carbocycles. The first kappa shape index (κ1) is 29.3. The smallest absolute Gasteiger partial charge is 0.251 e. The lowest BCUT2D eigenvalue weighted by Gasteiger charge is -2.31. The number of nitrogens with one attached hydrogen (secondary N) is 1. The standard InChI is InChI=1S/C30H43N3O5/c1-21(2)32-14-10-8-7-9-11-15-33(22(3)34)26-13-12-24(18-25(26)20-32)30(35)31-19-23-16-27(36-4)29(38-6)28(17-23)37-5/h12-13,16-18,21H,7-11,14-15,19-20H2,1-6H3,(H,31,35). The van der Waals surface area contributed by atoms with Crippen molar-refractivity contribution in [2.24, 2.45) is 0 Å². The third kappa shape index (κ3) is 7.40. The molecule has 38 heavy (non-hydrogen) atoms. The van der Waals surface area contributed by atoms with Crippen molar-refractivity contribution in [2.75, 3.05) is 39.3 Å². The van der Waals surface area contributed by atoms with Gasteiger partial charge in [0.1, 0.15) is 0 Å². The summed E-state index contributed by atoms with van der Waals surface area (Å²) in [6.07, 6.45) is 5.63. The van der Waals surface area contributed by atoms with Gasteiger partial charge in [-0.15, -0.1) is 0 Å². The number of nitrogens with zero attached hydrogens (tertiary/aromatic N) is 2. The maximum absolute atomic E-state index is 13.3. The molecule has 2 aromatic carbocycles. The molecule has 8 heteroatoms. The van der Waals surface area contributed by atoms with E-state index in [0.717, 1.165) is 42.6 Å². The van der Waals surface area contributed by atoms with Crippen molar-refractivity contribution in [3.05, 3.63) is 47.0 Å². The number of rotatable bonds is 7. The summed E-state index contributed by atoms with van der Waals surface area (Å²) in [5.41, 5.74) is 3.28. The van der Waals surface area contributed by atoms with Crippen molar-refractivity contribution in [2.45, 2.75) is 72.0 Å². The second kappa shape index (κ2) is 14.0. The lowest BCUT2D eigenvalue weighted by atomic mass is 10.0. The summed E-state index contributed by atoms with van der Waals surface area (Å²) in [4.78, 5) is 30.2. The van der Waals surface area contributed by atoms with Gasteiger partial charge in [-0.3, -0.25) is 14.5 Å². The van der Waals surface area contributed by atoms with Crippen LogP contribution in [0.1, 0.15) is 74.4 Å². The van der Waals surface area contributed by atoms with Crippen molar-refractivity contribution in [3.8, 4) is 17.2 Å². The van der Waals surface area contributed by atoms with Crippen LogP contribution in [0, 0.1) is 0 Å². The van der Waals surface area contributed by atoms with Gasteiger partial charge in [0, 0.05) is 43.9 Å². The Bertz CT molecular complexity index is 1080. The molecule has 2 aromatic rings. The molecule has 0 spiro atoms. The summed E-state index contributed by atoms with van der Waals surface area (Å²) >= 11 is 0. The number of hydrogen-bond donors (Lipinski definition) is 1. The number of carbonyl (C=O) groups excluding carboxylic acids is 2. The zero-order valence-corrected chi connectivity index (χ0v) is 23.8. The SMILES string of the molecule is COc1cc(CNC(=O)c2ccc3c(c2)CN(C(C)C)CCCCCCCN3C(C)=O)cc(OC)c1OC. The number of ether oxygens (including phenoxy) is 3. The predicted molar refractivity (Wildman–Crippen MR) is 150 cm³/mol. The Kier molecular flexibility index (Phi) is 10.8. The maximum atomic E-state index is 13.3. The summed E-state index contributed by atoms with van der Waals surface area (Å²) < 4.78 is 16.3. The van der Waals surface area contributed by atoms with E-state index in [0.29, 0.717) is 48.5 Å². The number of carbonyl (C=O) groups is 2. The van der Waals surface area contributed by atoms with Gasteiger partial charge in [0.05, 0.1) is 21.3 Å². The lowest BCUT2D eigenvalue weighted by Crippen LogP contribution is -2.35. The molecule has 0 atom stereocenters. The fourth-order valence-corrected chi connectivity index (χ4v) is 4.94. The van der Waals surface area contributed by atoms with Crippen molar-refractivity contribution in [3.63, 3.8) is 0 Å². The molecule has 1 heterocycles. The van der Waals surface area contributed by atoms with Gasteiger partial charge in [-0.2, -0.15) is 0 Å². The van der Waals surface area contributed by atoms with Gasteiger partial charge in [0.2, 0.25) is 11.7 Å². The fourth-order valence-electron chi connectivity index (χ4n) is 4.94. The Morgan fingerprint density at radius 3 is 2.11 bits per heavy atom. The Balaban J connectivity index is 1.88. The zero-order valence-electron chi connectivity index (χ0n) is 23.8. The first-order valence-electron chi connectivity index (χ1n) is 13.5. The number of fused-ring (bicyclic) bond motifs is 1. The summed E-state index contributed by atoms with van der Waals surface area (Å²) in [6.45, 7) is 8.68. The van der Waals surface area contributed by atoms with Crippen LogP contribution in [-0.4, -0.2) is 57.2 Å².